The molecule has 0 atom stereocenters. The summed E-state index contributed by atoms with van der Waals surface area (Å²) in [6, 6.07) is 9.82. The standard InChI is InChI=1S/C22H16F3N5O4/c23-22(24,25)14-2-1-3-15(7-14)30-20-16(9-28-30)21(32)29(11-27-20)10-19(31)26-8-13-4-5-17-18(6-13)34-12-33-17/h1-7,9,11H,8,10,12H2,(H,26,31). The number of carbonyl (C=O) groups excluding carboxylic acids is 1. The van der Waals surface area contributed by atoms with E-state index in [2.05, 4.69) is 15.4 Å². The van der Waals surface area contributed by atoms with Crippen molar-refractivity contribution in [3.05, 3.63) is 76.5 Å². The van der Waals surface area contributed by atoms with Crippen molar-refractivity contribution in [1.82, 2.24) is 24.6 Å². The predicted octanol–water partition coefficient (Wildman–Crippen LogP) is 2.65. The van der Waals surface area contributed by atoms with E-state index in [4.69, 9.17) is 9.47 Å². The van der Waals surface area contributed by atoms with Crippen LogP contribution in [0.1, 0.15) is 11.1 Å². The number of benzene rings is 2. The number of aromatic nitrogens is 4. The number of carbonyl (C=O) groups is 1. The third-order valence-electron chi connectivity index (χ3n) is 5.21. The molecule has 174 valence electrons. The number of halogens is 3. The van der Waals surface area contributed by atoms with Gasteiger partial charge in [0.25, 0.3) is 5.56 Å². The number of hydrogen-bond acceptors (Lipinski definition) is 6. The van der Waals surface area contributed by atoms with Gasteiger partial charge in [-0.05, 0) is 35.9 Å². The molecular weight excluding hydrogens is 455 g/mol. The van der Waals surface area contributed by atoms with Gasteiger partial charge in [0.2, 0.25) is 12.7 Å². The van der Waals surface area contributed by atoms with Crippen LogP contribution in [0.15, 0.2) is 59.8 Å². The van der Waals surface area contributed by atoms with E-state index < -0.39 is 23.2 Å². The van der Waals surface area contributed by atoms with Crippen LogP contribution in [0, 0.1) is 0 Å². The smallest absolute Gasteiger partial charge is 0.416 e. The number of fused-ring (bicyclic) bond motifs is 2. The molecule has 0 saturated carbocycles. The Bertz CT molecular complexity index is 1460. The average Bonchev–Trinajstić information content (AvgIpc) is 3.46. The maximum Gasteiger partial charge on any atom is 0.416 e. The van der Waals surface area contributed by atoms with Crippen LogP contribution in [0.3, 0.4) is 0 Å². The molecule has 0 aliphatic carbocycles. The van der Waals surface area contributed by atoms with Crippen molar-refractivity contribution in [2.24, 2.45) is 0 Å². The minimum Gasteiger partial charge on any atom is -0.454 e. The van der Waals surface area contributed by atoms with Gasteiger partial charge in [0.1, 0.15) is 18.3 Å². The highest BCUT2D eigenvalue weighted by atomic mass is 19.4. The van der Waals surface area contributed by atoms with Crippen molar-refractivity contribution >= 4 is 16.9 Å². The molecule has 0 unspecified atom stereocenters. The third-order valence-corrected chi connectivity index (χ3v) is 5.21. The van der Waals surface area contributed by atoms with Crippen molar-refractivity contribution in [2.75, 3.05) is 6.79 Å². The largest absolute Gasteiger partial charge is 0.454 e. The van der Waals surface area contributed by atoms with Crippen molar-refractivity contribution in [3.63, 3.8) is 0 Å². The van der Waals surface area contributed by atoms with E-state index in [1.165, 1.54) is 18.3 Å². The normalized spacial score (nSPS) is 12.8. The second kappa shape index (κ2) is 8.21. The van der Waals surface area contributed by atoms with Gasteiger partial charge in [-0.15, -0.1) is 0 Å². The summed E-state index contributed by atoms with van der Waals surface area (Å²) in [5.74, 6) is 0.799. The van der Waals surface area contributed by atoms with E-state index in [1.54, 1.807) is 18.2 Å². The van der Waals surface area contributed by atoms with Gasteiger partial charge in [-0.3, -0.25) is 14.2 Å². The van der Waals surface area contributed by atoms with Crippen LogP contribution in [0.4, 0.5) is 13.2 Å². The number of ether oxygens (including phenoxy) is 2. The van der Waals surface area contributed by atoms with Crippen molar-refractivity contribution in [2.45, 2.75) is 19.3 Å². The molecule has 0 fully saturated rings. The first-order chi connectivity index (χ1) is 16.3. The van der Waals surface area contributed by atoms with Crippen LogP contribution in [0.2, 0.25) is 0 Å². The Kier molecular flexibility index (Phi) is 5.19. The second-order valence-corrected chi connectivity index (χ2v) is 7.48. The van der Waals surface area contributed by atoms with E-state index >= 15 is 0 Å². The molecule has 1 amide bonds. The van der Waals surface area contributed by atoms with Crippen molar-refractivity contribution < 1.29 is 27.4 Å². The number of alkyl halides is 3. The van der Waals surface area contributed by atoms with Crippen LogP contribution in [0.5, 0.6) is 11.5 Å². The van der Waals surface area contributed by atoms with Crippen LogP contribution in [-0.4, -0.2) is 32.0 Å². The van der Waals surface area contributed by atoms with Crippen LogP contribution >= 0.6 is 0 Å². The highest BCUT2D eigenvalue weighted by Gasteiger charge is 2.30. The molecule has 0 spiro atoms. The molecule has 12 heteroatoms. The molecule has 2 aromatic heterocycles. The Morgan fingerprint density at radius 1 is 1.12 bits per heavy atom. The van der Waals surface area contributed by atoms with Gasteiger partial charge in [-0.2, -0.15) is 18.3 Å². The minimum absolute atomic E-state index is 0.0727. The lowest BCUT2D eigenvalue weighted by Crippen LogP contribution is -2.32. The topological polar surface area (TPSA) is 100 Å². The lowest BCUT2D eigenvalue weighted by molar-refractivity contribution is -0.137. The van der Waals surface area contributed by atoms with Gasteiger partial charge in [0.15, 0.2) is 17.1 Å². The van der Waals surface area contributed by atoms with E-state index in [1.807, 2.05) is 0 Å². The van der Waals surface area contributed by atoms with E-state index in [-0.39, 0.29) is 36.6 Å². The highest BCUT2D eigenvalue weighted by Crippen LogP contribution is 2.32. The van der Waals surface area contributed by atoms with Crippen LogP contribution in [-0.2, 0) is 24.1 Å². The Hall–Kier alpha value is -4.35. The Morgan fingerprint density at radius 2 is 1.94 bits per heavy atom. The number of amides is 1. The first kappa shape index (κ1) is 21.5. The van der Waals surface area contributed by atoms with Crippen LogP contribution < -0.4 is 20.3 Å². The fourth-order valence-electron chi connectivity index (χ4n) is 3.53. The Balaban J connectivity index is 1.33. The zero-order valence-corrected chi connectivity index (χ0v) is 17.4. The van der Waals surface area contributed by atoms with Gasteiger partial charge in [0, 0.05) is 6.54 Å². The van der Waals surface area contributed by atoms with Gasteiger partial charge < -0.3 is 14.8 Å². The quantitative estimate of drug-likeness (QED) is 0.481. The molecular formula is C22H16F3N5O4. The zero-order chi connectivity index (χ0) is 23.9. The van der Waals surface area contributed by atoms with Crippen molar-refractivity contribution in [1.29, 1.82) is 0 Å². The lowest BCUT2D eigenvalue weighted by atomic mass is 10.2. The summed E-state index contributed by atoms with van der Waals surface area (Å²) in [7, 11) is 0. The summed E-state index contributed by atoms with van der Waals surface area (Å²) in [5.41, 5.74) is -0.402. The molecule has 34 heavy (non-hydrogen) atoms. The zero-order valence-electron chi connectivity index (χ0n) is 17.4. The van der Waals surface area contributed by atoms with E-state index in [9.17, 15) is 22.8 Å². The molecule has 1 N–H and O–H groups in total. The van der Waals surface area contributed by atoms with Crippen LogP contribution in [0.25, 0.3) is 16.7 Å². The Morgan fingerprint density at radius 3 is 2.76 bits per heavy atom. The highest BCUT2D eigenvalue weighted by molar-refractivity contribution is 5.78. The molecule has 3 heterocycles. The molecule has 0 saturated heterocycles. The molecule has 1 aliphatic heterocycles. The fraction of sp³-hybridized carbons (Fsp3) is 0.182. The summed E-state index contributed by atoms with van der Waals surface area (Å²) < 4.78 is 51.9. The predicted molar refractivity (Wildman–Crippen MR) is 113 cm³/mol. The SMILES string of the molecule is O=C(Cn1cnc2c(cnn2-c2cccc(C(F)(F)F)c2)c1=O)NCc1ccc2c(c1)OCO2. The fourth-order valence-corrected chi connectivity index (χ4v) is 3.53. The maximum atomic E-state index is 13.0. The second-order valence-electron chi connectivity index (χ2n) is 7.48. The monoisotopic (exact) mass is 471 g/mol. The molecule has 5 rings (SSSR count). The van der Waals surface area contributed by atoms with E-state index in [0.29, 0.717) is 11.5 Å². The van der Waals surface area contributed by atoms with Gasteiger partial charge in [-0.25, -0.2) is 9.67 Å². The average molecular weight is 471 g/mol. The number of nitrogens with zero attached hydrogens (tertiary/aromatic N) is 4. The van der Waals surface area contributed by atoms with Gasteiger partial charge in [0.05, 0.1) is 17.4 Å². The molecule has 4 aromatic rings. The third kappa shape index (κ3) is 4.05. The van der Waals surface area contributed by atoms with E-state index in [0.717, 1.165) is 33.3 Å². The molecule has 9 nitrogen and oxygen atoms in total. The maximum absolute atomic E-state index is 13.0. The number of hydrogen-bond donors (Lipinski definition) is 1. The molecule has 0 radical (unpaired) electrons. The first-order valence-corrected chi connectivity index (χ1v) is 10.1. The Labute approximate surface area is 189 Å². The van der Waals surface area contributed by atoms with Gasteiger partial charge >= 0.3 is 6.18 Å². The lowest BCUT2D eigenvalue weighted by Gasteiger charge is -2.10. The number of rotatable bonds is 5. The minimum atomic E-state index is -4.52. The summed E-state index contributed by atoms with van der Waals surface area (Å²) >= 11 is 0. The molecule has 1 aliphatic rings. The molecule has 0 bridgehead atoms. The summed E-state index contributed by atoms with van der Waals surface area (Å²) in [4.78, 5) is 29.4. The summed E-state index contributed by atoms with van der Waals surface area (Å²) in [6.07, 6.45) is -2.14. The first-order valence-electron chi connectivity index (χ1n) is 10.1. The molecule has 2 aromatic carbocycles. The summed E-state index contributed by atoms with van der Waals surface area (Å²) in [6.45, 7) is 0.0718. The number of nitrogens with one attached hydrogen (secondary N) is 1. The summed E-state index contributed by atoms with van der Waals surface area (Å²) in [5, 5.41) is 6.81. The van der Waals surface area contributed by atoms with Gasteiger partial charge in [-0.1, -0.05) is 12.1 Å². The van der Waals surface area contributed by atoms with Crippen molar-refractivity contribution in [3.8, 4) is 17.2 Å².